The van der Waals surface area contributed by atoms with Gasteiger partial charge >= 0.3 is 0 Å². The van der Waals surface area contributed by atoms with E-state index < -0.39 is 8.07 Å². The van der Waals surface area contributed by atoms with Crippen molar-refractivity contribution >= 4 is 13.3 Å². The van der Waals surface area contributed by atoms with Crippen LogP contribution in [0.5, 0.6) is 0 Å². The molecule has 1 N–H and O–H groups in total. The Labute approximate surface area is 163 Å². The van der Waals surface area contributed by atoms with Gasteiger partial charge in [-0.15, -0.1) is 0 Å². The number of unbranched alkanes of at least 4 members (excludes halogenated alkanes) is 10. The summed E-state index contributed by atoms with van der Waals surface area (Å²) in [5, 5.41) is 11.7. The molecule has 0 aromatic heterocycles. The van der Waals surface area contributed by atoms with E-state index in [0.717, 1.165) is 12.8 Å². The Hall–Kier alpha value is -0.863. The average Bonchev–Trinajstić information content (AvgIpc) is 2.65. The van der Waals surface area contributed by atoms with Crippen LogP contribution in [0.2, 0.25) is 13.1 Å². The molecule has 0 fully saturated rings. The normalized spacial score (nSPS) is 13.4. The van der Waals surface area contributed by atoms with Gasteiger partial charge in [-0.3, -0.25) is 0 Å². The van der Waals surface area contributed by atoms with Gasteiger partial charge in [0.15, 0.2) is 0 Å². The van der Waals surface area contributed by atoms with Gasteiger partial charge in [0.2, 0.25) is 0 Å². The van der Waals surface area contributed by atoms with Crippen LogP contribution in [0.25, 0.3) is 0 Å². The molecule has 0 amide bonds. The van der Waals surface area contributed by atoms with Crippen molar-refractivity contribution < 1.29 is 5.11 Å². The number of hydrogen-bond acceptors (Lipinski definition) is 1. The van der Waals surface area contributed by atoms with Crippen molar-refractivity contribution in [3.63, 3.8) is 0 Å². The summed E-state index contributed by atoms with van der Waals surface area (Å²) < 4.78 is 0. The van der Waals surface area contributed by atoms with Crippen LogP contribution in [0, 0.1) is 0 Å². The first-order valence-electron chi connectivity index (χ1n) is 11.0. The molecule has 0 saturated carbocycles. The number of rotatable bonds is 15. The van der Waals surface area contributed by atoms with Crippen LogP contribution in [0.3, 0.4) is 0 Å². The Morgan fingerprint density at radius 3 is 1.85 bits per heavy atom. The van der Waals surface area contributed by atoms with Gasteiger partial charge in [0.1, 0.15) is 8.07 Å². The summed E-state index contributed by atoms with van der Waals surface area (Å²) in [4.78, 5) is 0. The summed E-state index contributed by atoms with van der Waals surface area (Å²) in [6.45, 7) is 6.96. The summed E-state index contributed by atoms with van der Waals surface area (Å²) in [6, 6.07) is 10.7. The molecule has 0 aliphatic heterocycles. The summed E-state index contributed by atoms with van der Waals surface area (Å²) in [5.74, 6) is 0. The van der Waals surface area contributed by atoms with Gasteiger partial charge in [-0.05, 0) is 6.42 Å². The first-order chi connectivity index (χ1) is 12.6. The van der Waals surface area contributed by atoms with Gasteiger partial charge in [-0.25, -0.2) is 0 Å². The predicted octanol–water partition coefficient (Wildman–Crippen LogP) is 6.76. The van der Waals surface area contributed by atoms with Crippen LogP contribution < -0.4 is 5.19 Å². The Kier molecular flexibility index (Phi) is 12.7. The van der Waals surface area contributed by atoms with Crippen molar-refractivity contribution in [3.8, 4) is 0 Å². The maximum atomic E-state index is 10.2. The Morgan fingerprint density at radius 1 is 0.808 bits per heavy atom. The number of aliphatic hydroxyl groups is 1. The van der Waals surface area contributed by atoms with Gasteiger partial charge in [-0.1, -0.05) is 138 Å². The smallest absolute Gasteiger partial charge is 0.103 e. The second-order valence-electron chi connectivity index (χ2n) is 8.34. The molecule has 0 radical (unpaired) electrons. The van der Waals surface area contributed by atoms with Crippen LogP contribution in [0.1, 0.15) is 84.0 Å². The van der Waals surface area contributed by atoms with E-state index >= 15 is 0 Å². The second kappa shape index (κ2) is 14.2. The highest BCUT2D eigenvalue weighted by Crippen LogP contribution is 2.13. The first-order valence-corrected chi connectivity index (χ1v) is 14.1. The van der Waals surface area contributed by atoms with E-state index in [1.165, 1.54) is 69.4 Å². The van der Waals surface area contributed by atoms with E-state index in [9.17, 15) is 5.11 Å². The topological polar surface area (TPSA) is 20.2 Å². The second-order valence-corrected chi connectivity index (χ2v) is 12.7. The molecule has 2 heteroatoms. The third-order valence-electron chi connectivity index (χ3n) is 5.36. The molecule has 1 nitrogen and oxygen atoms in total. The van der Waals surface area contributed by atoms with Gasteiger partial charge in [0.25, 0.3) is 0 Å². The molecule has 0 spiro atoms. The lowest BCUT2D eigenvalue weighted by molar-refractivity contribution is 0.208. The monoisotopic (exact) mass is 374 g/mol. The van der Waals surface area contributed by atoms with Crippen molar-refractivity contribution in [3.05, 3.63) is 42.1 Å². The zero-order chi connectivity index (χ0) is 19.1. The molecule has 1 rings (SSSR count). The van der Waals surface area contributed by atoms with Crippen molar-refractivity contribution in [2.24, 2.45) is 0 Å². The molecular weight excluding hydrogens is 332 g/mol. The van der Waals surface area contributed by atoms with Crippen molar-refractivity contribution in [1.82, 2.24) is 0 Å². The van der Waals surface area contributed by atoms with E-state index in [0.29, 0.717) is 0 Å². The number of aliphatic hydroxyl groups excluding tert-OH is 1. The third-order valence-corrected chi connectivity index (χ3v) is 8.20. The zero-order valence-corrected chi connectivity index (χ0v) is 18.6. The summed E-state index contributed by atoms with van der Waals surface area (Å²) >= 11 is 0. The highest BCUT2D eigenvalue weighted by atomic mass is 28.3. The van der Waals surface area contributed by atoms with Crippen molar-refractivity contribution in [2.45, 2.75) is 103 Å². The lowest BCUT2D eigenvalue weighted by Crippen LogP contribution is -2.39. The molecule has 1 atom stereocenters. The van der Waals surface area contributed by atoms with E-state index in [1.54, 1.807) is 0 Å². The molecule has 1 aromatic carbocycles. The predicted molar refractivity (Wildman–Crippen MR) is 120 cm³/mol. The van der Waals surface area contributed by atoms with E-state index in [-0.39, 0.29) is 6.10 Å². The molecule has 0 unspecified atom stereocenters. The quantitative estimate of drug-likeness (QED) is 0.265. The lowest BCUT2D eigenvalue weighted by atomic mass is 10.0. The Balaban J connectivity index is 2.05. The highest BCUT2D eigenvalue weighted by molar-refractivity contribution is 6.93. The van der Waals surface area contributed by atoms with Gasteiger partial charge < -0.3 is 5.11 Å². The maximum Gasteiger partial charge on any atom is 0.103 e. The van der Waals surface area contributed by atoms with Gasteiger partial charge in [0.05, 0.1) is 6.10 Å². The first kappa shape index (κ1) is 23.2. The molecule has 0 aliphatic carbocycles. The fourth-order valence-corrected chi connectivity index (χ4v) is 5.38. The summed E-state index contributed by atoms with van der Waals surface area (Å²) in [5.41, 5.74) is 2.30. The van der Waals surface area contributed by atoms with Crippen molar-refractivity contribution in [2.75, 3.05) is 0 Å². The van der Waals surface area contributed by atoms with Crippen LogP contribution in [0.4, 0.5) is 0 Å². The minimum atomic E-state index is -1.56. The maximum absolute atomic E-state index is 10.2. The highest BCUT2D eigenvalue weighted by Gasteiger charge is 2.19. The average molecular weight is 375 g/mol. The fraction of sp³-hybridized carbons (Fsp3) is 0.667. The minimum absolute atomic E-state index is 0.274. The number of hydrogen-bond donors (Lipinski definition) is 1. The molecule has 0 saturated heterocycles. The fourth-order valence-electron chi connectivity index (χ4n) is 3.43. The largest absolute Gasteiger partial charge is 0.389 e. The van der Waals surface area contributed by atoms with Crippen LogP contribution in [-0.4, -0.2) is 19.3 Å². The Bertz CT molecular complexity index is 466. The molecular formula is C24H42OSi. The molecule has 0 heterocycles. The van der Waals surface area contributed by atoms with Crippen LogP contribution >= 0.6 is 0 Å². The summed E-state index contributed by atoms with van der Waals surface area (Å²) in [6.07, 6.45) is 17.6. The SMILES string of the molecule is CCCCCCCCCCCCC[C@@H](O)/C=C/[Si](C)(C)c1ccccc1. The molecule has 148 valence electrons. The summed E-state index contributed by atoms with van der Waals surface area (Å²) in [7, 11) is -1.56. The Morgan fingerprint density at radius 2 is 1.31 bits per heavy atom. The van der Waals surface area contributed by atoms with E-state index in [2.05, 4.69) is 62.1 Å². The minimum Gasteiger partial charge on any atom is -0.389 e. The molecule has 0 aliphatic rings. The van der Waals surface area contributed by atoms with Crippen LogP contribution in [-0.2, 0) is 0 Å². The van der Waals surface area contributed by atoms with Crippen molar-refractivity contribution in [1.29, 1.82) is 0 Å². The zero-order valence-electron chi connectivity index (χ0n) is 17.6. The molecule has 0 bridgehead atoms. The van der Waals surface area contributed by atoms with Gasteiger partial charge in [0, 0.05) is 0 Å². The van der Waals surface area contributed by atoms with Gasteiger partial charge in [-0.2, -0.15) is 0 Å². The lowest BCUT2D eigenvalue weighted by Gasteiger charge is -2.19. The van der Waals surface area contributed by atoms with E-state index in [4.69, 9.17) is 0 Å². The van der Waals surface area contributed by atoms with Crippen LogP contribution in [0.15, 0.2) is 42.1 Å². The third kappa shape index (κ3) is 11.0. The standard InChI is InChI=1S/C24H42OSi/c1-4-5-6-7-8-9-10-11-12-13-15-18-23(25)21-22-26(2,3)24-19-16-14-17-20-24/h14,16-17,19-23,25H,4-13,15,18H2,1-3H3/b22-21+/t23-/m1/s1. The number of benzene rings is 1. The van der Waals surface area contributed by atoms with E-state index in [1.807, 2.05) is 0 Å². The molecule has 1 aromatic rings. The molecule has 26 heavy (non-hydrogen) atoms.